The van der Waals surface area contributed by atoms with Crippen LogP contribution >= 0.6 is 23.2 Å². The first-order valence-corrected chi connectivity index (χ1v) is 13.5. The number of ether oxygens (including phenoxy) is 2. The monoisotopic (exact) mass is 586 g/mol. The third kappa shape index (κ3) is 5.82. The van der Waals surface area contributed by atoms with Crippen LogP contribution in [0.4, 0.5) is 16.2 Å². The number of hydrogen-bond acceptors (Lipinski definition) is 5. The molecule has 5 rings (SSSR count). The van der Waals surface area contributed by atoms with Crippen molar-refractivity contribution < 1.29 is 23.9 Å². The van der Waals surface area contributed by atoms with Gasteiger partial charge in [0.25, 0.3) is 11.8 Å². The molecule has 0 spiro atoms. The maximum atomic E-state index is 13.7. The lowest BCUT2D eigenvalue weighted by Gasteiger charge is -2.34. The summed E-state index contributed by atoms with van der Waals surface area (Å²) in [7, 11) is 0. The maximum absolute atomic E-state index is 13.7. The summed E-state index contributed by atoms with van der Waals surface area (Å²) in [6.45, 7) is 2.28. The van der Waals surface area contributed by atoms with Crippen molar-refractivity contribution in [1.29, 1.82) is 0 Å². The highest BCUT2D eigenvalue weighted by Crippen LogP contribution is 2.39. The van der Waals surface area contributed by atoms with Crippen LogP contribution in [0.25, 0.3) is 6.08 Å². The molecule has 41 heavy (non-hydrogen) atoms. The number of halogens is 2. The van der Waals surface area contributed by atoms with E-state index in [1.807, 2.05) is 25.1 Å². The van der Waals surface area contributed by atoms with Crippen molar-refractivity contribution in [3.63, 3.8) is 0 Å². The number of hydrogen-bond donors (Lipinski definition) is 0. The number of urea groups is 1. The normalized spacial score (nSPS) is 13.4. The van der Waals surface area contributed by atoms with Gasteiger partial charge in [-0.25, -0.2) is 14.6 Å². The third-order valence-corrected chi connectivity index (χ3v) is 6.90. The van der Waals surface area contributed by atoms with Crippen LogP contribution in [0, 0.1) is 0 Å². The molecule has 1 aliphatic heterocycles. The minimum atomic E-state index is -0.772. The highest BCUT2D eigenvalue weighted by molar-refractivity contribution is 6.46. The van der Waals surface area contributed by atoms with Gasteiger partial charge >= 0.3 is 6.03 Å². The number of barbiturate groups is 1. The van der Waals surface area contributed by atoms with Crippen LogP contribution in [0.1, 0.15) is 18.1 Å². The molecule has 0 N–H and O–H groups in total. The molecule has 7 nitrogen and oxygen atoms in total. The second-order valence-electron chi connectivity index (χ2n) is 8.94. The van der Waals surface area contributed by atoms with Gasteiger partial charge in [-0.2, -0.15) is 0 Å². The first kappa shape index (κ1) is 28.0. The fourth-order valence-corrected chi connectivity index (χ4v) is 4.81. The molecule has 0 saturated carbocycles. The molecule has 1 heterocycles. The fourth-order valence-electron chi connectivity index (χ4n) is 4.35. The Bertz CT molecular complexity index is 1580. The van der Waals surface area contributed by atoms with Gasteiger partial charge in [0, 0.05) is 10.6 Å². The Hall–Kier alpha value is -4.59. The number of rotatable bonds is 8. The SMILES string of the molecule is CCOc1cc(C=C2C(=O)N(c3ccccc3)C(=O)N(c3ccccc3)C2=O)cc(Cl)c1OCc1ccccc1Cl. The van der Waals surface area contributed by atoms with Crippen LogP contribution in [-0.4, -0.2) is 24.5 Å². The second-order valence-corrected chi connectivity index (χ2v) is 9.75. The Morgan fingerprint density at radius 1 is 0.707 bits per heavy atom. The van der Waals surface area contributed by atoms with Crippen LogP contribution in [0.5, 0.6) is 11.5 Å². The minimum Gasteiger partial charge on any atom is -0.490 e. The predicted octanol–water partition coefficient (Wildman–Crippen LogP) is 7.55. The zero-order valence-corrected chi connectivity index (χ0v) is 23.4. The van der Waals surface area contributed by atoms with Gasteiger partial charge in [0.05, 0.1) is 23.0 Å². The molecular weight excluding hydrogens is 563 g/mol. The van der Waals surface area contributed by atoms with Crippen molar-refractivity contribution in [3.05, 3.63) is 124 Å². The summed E-state index contributed by atoms with van der Waals surface area (Å²) in [4.78, 5) is 42.8. The summed E-state index contributed by atoms with van der Waals surface area (Å²) in [5, 5.41) is 0.763. The Balaban J connectivity index is 1.56. The molecule has 1 aliphatic rings. The van der Waals surface area contributed by atoms with Crippen molar-refractivity contribution in [3.8, 4) is 11.5 Å². The summed E-state index contributed by atoms with van der Waals surface area (Å²) < 4.78 is 11.8. The van der Waals surface area contributed by atoms with E-state index in [0.717, 1.165) is 15.4 Å². The van der Waals surface area contributed by atoms with Crippen LogP contribution in [0.2, 0.25) is 10.0 Å². The lowest BCUT2D eigenvalue weighted by Crippen LogP contribution is -2.57. The van der Waals surface area contributed by atoms with Crippen LogP contribution in [0.15, 0.2) is 103 Å². The van der Waals surface area contributed by atoms with Crippen LogP contribution in [-0.2, 0) is 16.2 Å². The van der Waals surface area contributed by atoms with Gasteiger partial charge in [0.15, 0.2) is 11.5 Å². The summed E-state index contributed by atoms with van der Waals surface area (Å²) in [5.41, 5.74) is 1.62. The number of carbonyl (C=O) groups is 3. The lowest BCUT2D eigenvalue weighted by molar-refractivity contribution is -0.121. The first-order valence-electron chi connectivity index (χ1n) is 12.8. The van der Waals surface area contributed by atoms with Gasteiger partial charge in [-0.1, -0.05) is 77.8 Å². The molecule has 206 valence electrons. The van der Waals surface area contributed by atoms with Crippen LogP contribution < -0.4 is 19.3 Å². The van der Waals surface area contributed by atoms with E-state index >= 15 is 0 Å². The van der Waals surface area contributed by atoms with E-state index < -0.39 is 17.8 Å². The number of anilines is 2. The van der Waals surface area contributed by atoms with Crippen LogP contribution in [0.3, 0.4) is 0 Å². The molecule has 4 amide bonds. The molecule has 0 unspecified atom stereocenters. The van der Waals surface area contributed by atoms with E-state index in [1.165, 1.54) is 6.08 Å². The summed E-state index contributed by atoms with van der Waals surface area (Å²) >= 11 is 12.9. The molecule has 9 heteroatoms. The predicted molar refractivity (Wildman–Crippen MR) is 160 cm³/mol. The van der Waals surface area contributed by atoms with Gasteiger partial charge in [0.1, 0.15) is 12.2 Å². The van der Waals surface area contributed by atoms with Gasteiger partial charge in [0.2, 0.25) is 0 Å². The van der Waals surface area contributed by atoms with Crippen molar-refractivity contribution >= 4 is 58.5 Å². The van der Waals surface area contributed by atoms with E-state index in [9.17, 15) is 14.4 Å². The van der Waals surface area contributed by atoms with E-state index in [1.54, 1.807) is 78.9 Å². The molecule has 0 radical (unpaired) electrons. The maximum Gasteiger partial charge on any atom is 0.343 e. The smallest absolute Gasteiger partial charge is 0.343 e. The number of nitrogens with zero attached hydrogens (tertiary/aromatic N) is 2. The van der Waals surface area contributed by atoms with Gasteiger partial charge in [-0.05, 0) is 61.0 Å². The first-order chi connectivity index (χ1) is 19.9. The number of benzene rings is 4. The Morgan fingerprint density at radius 2 is 1.27 bits per heavy atom. The second kappa shape index (κ2) is 12.3. The van der Waals surface area contributed by atoms with E-state index in [4.69, 9.17) is 32.7 Å². The van der Waals surface area contributed by atoms with Crippen molar-refractivity contribution in [2.75, 3.05) is 16.4 Å². The molecule has 0 aliphatic carbocycles. The highest BCUT2D eigenvalue weighted by atomic mass is 35.5. The largest absolute Gasteiger partial charge is 0.490 e. The standard InChI is InChI=1S/C32H24Cl2N2O5/c1-2-40-28-19-21(18-27(34)29(28)41-20-22-11-9-10-16-26(22)33)17-25-30(37)35(23-12-5-3-6-13-23)32(39)36(31(25)38)24-14-7-4-8-15-24/h3-19H,2,20H2,1H3. The Kier molecular flexibility index (Phi) is 8.38. The number of imide groups is 2. The molecule has 0 bridgehead atoms. The molecule has 0 aromatic heterocycles. The van der Waals surface area contributed by atoms with Gasteiger partial charge < -0.3 is 9.47 Å². The Labute approximate surface area is 247 Å². The zero-order chi connectivity index (χ0) is 28.9. The van der Waals surface area contributed by atoms with Crippen molar-refractivity contribution in [1.82, 2.24) is 0 Å². The number of carbonyl (C=O) groups excluding carboxylic acids is 3. The van der Waals surface area contributed by atoms with E-state index in [2.05, 4.69) is 0 Å². The van der Waals surface area contributed by atoms with Gasteiger partial charge in [-0.3, -0.25) is 9.59 Å². The molecule has 0 atom stereocenters. The van der Waals surface area contributed by atoms with Gasteiger partial charge in [-0.15, -0.1) is 0 Å². The minimum absolute atomic E-state index is 0.150. The van der Waals surface area contributed by atoms with Crippen molar-refractivity contribution in [2.45, 2.75) is 13.5 Å². The van der Waals surface area contributed by atoms with E-state index in [0.29, 0.717) is 40.1 Å². The number of amides is 4. The average Bonchev–Trinajstić information content (AvgIpc) is 2.97. The number of para-hydroxylation sites is 2. The average molecular weight is 587 g/mol. The zero-order valence-electron chi connectivity index (χ0n) is 21.9. The molecular formula is C32H24Cl2N2O5. The summed E-state index contributed by atoms with van der Waals surface area (Å²) in [6.07, 6.45) is 1.40. The topological polar surface area (TPSA) is 76.2 Å². The summed E-state index contributed by atoms with van der Waals surface area (Å²) in [6, 6.07) is 26.6. The van der Waals surface area contributed by atoms with E-state index in [-0.39, 0.29) is 17.2 Å². The molecule has 1 saturated heterocycles. The fraction of sp³-hybridized carbons (Fsp3) is 0.0938. The summed E-state index contributed by atoms with van der Waals surface area (Å²) in [5.74, 6) is -0.896. The molecule has 4 aromatic carbocycles. The lowest BCUT2D eigenvalue weighted by atomic mass is 10.0. The third-order valence-electron chi connectivity index (χ3n) is 6.25. The molecule has 4 aromatic rings. The Morgan fingerprint density at radius 3 is 1.83 bits per heavy atom. The van der Waals surface area contributed by atoms with Crippen molar-refractivity contribution in [2.24, 2.45) is 0 Å². The highest BCUT2D eigenvalue weighted by Gasteiger charge is 2.43. The quantitative estimate of drug-likeness (QED) is 0.157. The molecule has 1 fully saturated rings.